The summed E-state index contributed by atoms with van der Waals surface area (Å²) in [5.74, 6) is -1.81. The molecule has 0 saturated carbocycles. The van der Waals surface area contributed by atoms with E-state index in [1.807, 2.05) is 72.8 Å². The standard InChI is InChI=1S/C27H28N2O4/c28-26(31)16-15-24(27(32)33)29(18-17-20-7-3-1-4-8-20)19-25(30)23-13-11-22(12-14-23)21-9-5-2-6-10-21/h1-14,24H,15-19H2,(H2,28,31)(H,32,33)/t24-/m0/s1. The van der Waals surface area contributed by atoms with Gasteiger partial charge in [-0.1, -0.05) is 84.9 Å². The number of benzene rings is 3. The number of carbonyl (C=O) groups is 3. The molecule has 0 bridgehead atoms. The van der Waals surface area contributed by atoms with Crippen molar-refractivity contribution in [2.45, 2.75) is 25.3 Å². The Kier molecular flexibility index (Phi) is 8.49. The number of rotatable bonds is 12. The quantitative estimate of drug-likeness (QED) is 0.414. The molecule has 3 aromatic rings. The molecule has 0 aliphatic carbocycles. The molecule has 1 amide bonds. The number of ketones is 1. The predicted octanol–water partition coefficient (Wildman–Crippen LogP) is 3.80. The van der Waals surface area contributed by atoms with E-state index >= 15 is 0 Å². The number of amides is 1. The fourth-order valence-corrected chi connectivity index (χ4v) is 3.76. The second-order valence-electron chi connectivity index (χ2n) is 7.93. The lowest BCUT2D eigenvalue weighted by Crippen LogP contribution is -2.45. The van der Waals surface area contributed by atoms with Crippen molar-refractivity contribution in [2.75, 3.05) is 13.1 Å². The van der Waals surface area contributed by atoms with E-state index in [9.17, 15) is 19.5 Å². The molecule has 0 aliphatic heterocycles. The Morgan fingerprint density at radius 2 is 1.39 bits per heavy atom. The number of hydrogen-bond acceptors (Lipinski definition) is 4. The van der Waals surface area contributed by atoms with Gasteiger partial charge in [-0.05, 0) is 29.5 Å². The van der Waals surface area contributed by atoms with Crippen LogP contribution in [0.15, 0.2) is 84.9 Å². The first-order chi connectivity index (χ1) is 15.9. The van der Waals surface area contributed by atoms with Crippen LogP contribution in [0.2, 0.25) is 0 Å². The zero-order chi connectivity index (χ0) is 23.6. The highest BCUT2D eigenvalue weighted by molar-refractivity contribution is 5.98. The van der Waals surface area contributed by atoms with E-state index < -0.39 is 17.9 Å². The Balaban J connectivity index is 1.76. The smallest absolute Gasteiger partial charge is 0.320 e. The molecule has 0 saturated heterocycles. The van der Waals surface area contributed by atoms with Gasteiger partial charge >= 0.3 is 5.97 Å². The van der Waals surface area contributed by atoms with Gasteiger partial charge in [0.25, 0.3) is 0 Å². The third-order valence-electron chi connectivity index (χ3n) is 5.58. The van der Waals surface area contributed by atoms with Crippen LogP contribution >= 0.6 is 0 Å². The van der Waals surface area contributed by atoms with Crippen LogP contribution in [0.4, 0.5) is 0 Å². The van der Waals surface area contributed by atoms with Crippen molar-refractivity contribution >= 4 is 17.7 Å². The van der Waals surface area contributed by atoms with Crippen LogP contribution in [0, 0.1) is 0 Å². The number of aliphatic carboxylic acids is 1. The van der Waals surface area contributed by atoms with Crippen LogP contribution in [0.1, 0.15) is 28.8 Å². The summed E-state index contributed by atoms with van der Waals surface area (Å²) in [4.78, 5) is 37.9. The summed E-state index contributed by atoms with van der Waals surface area (Å²) in [5, 5.41) is 9.79. The Hall–Kier alpha value is -3.77. The van der Waals surface area contributed by atoms with Gasteiger partial charge in [-0.3, -0.25) is 19.3 Å². The normalized spacial score (nSPS) is 11.8. The molecule has 0 aliphatic rings. The van der Waals surface area contributed by atoms with E-state index in [1.54, 1.807) is 17.0 Å². The lowest BCUT2D eigenvalue weighted by molar-refractivity contribution is -0.143. The Bertz CT molecular complexity index is 1070. The lowest BCUT2D eigenvalue weighted by Gasteiger charge is -2.28. The van der Waals surface area contributed by atoms with Crippen LogP contribution in [-0.2, 0) is 16.0 Å². The molecule has 0 fully saturated rings. The van der Waals surface area contributed by atoms with Gasteiger partial charge in [-0.25, -0.2) is 0 Å². The summed E-state index contributed by atoms with van der Waals surface area (Å²) < 4.78 is 0. The van der Waals surface area contributed by atoms with Gasteiger partial charge in [0.2, 0.25) is 5.91 Å². The number of carbonyl (C=O) groups excluding carboxylic acids is 2. The van der Waals surface area contributed by atoms with Gasteiger partial charge in [0.15, 0.2) is 5.78 Å². The maximum absolute atomic E-state index is 13.1. The molecule has 1 atom stereocenters. The molecule has 0 radical (unpaired) electrons. The summed E-state index contributed by atoms with van der Waals surface area (Å²) in [7, 11) is 0. The Morgan fingerprint density at radius 3 is 1.97 bits per heavy atom. The fraction of sp³-hybridized carbons (Fsp3) is 0.222. The lowest BCUT2D eigenvalue weighted by atomic mass is 10.0. The van der Waals surface area contributed by atoms with Crippen LogP contribution in [0.3, 0.4) is 0 Å². The first kappa shape index (κ1) is 23.9. The molecule has 0 aromatic heterocycles. The summed E-state index contributed by atoms with van der Waals surface area (Å²) in [6.07, 6.45) is 0.583. The first-order valence-electron chi connectivity index (χ1n) is 10.9. The van der Waals surface area contributed by atoms with Crippen molar-refractivity contribution in [1.29, 1.82) is 0 Å². The Morgan fingerprint density at radius 1 is 0.818 bits per heavy atom. The molecule has 3 aromatic carbocycles. The molecular weight excluding hydrogens is 416 g/mol. The maximum Gasteiger partial charge on any atom is 0.320 e. The van der Waals surface area contributed by atoms with Crippen molar-refractivity contribution in [1.82, 2.24) is 4.90 Å². The average Bonchev–Trinajstić information content (AvgIpc) is 2.83. The molecule has 3 N–H and O–H groups in total. The second-order valence-corrected chi connectivity index (χ2v) is 7.93. The number of hydrogen-bond donors (Lipinski definition) is 2. The van der Waals surface area contributed by atoms with Gasteiger partial charge in [0, 0.05) is 18.5 Å². The van der Waals surface area contributed by atoms with Crippen molar-refractivity contribution in [2.24, 2.45) is 5.73 Å². The van der Waals surface area contributed by atoms with Crippen molar-refractivity contribution in [3.8, 4) is 11.1 Å². The van der Waals surface area contributed by atoms with Gasteiger partial charge in [0.1, 0.15) is 6.04 Å². The third kappa shape index (κ3) is 7.12. The van der Waals surface area contributed by atoms with Crippen molar-refractivity contribution in [3.63, 3.8) is 0 Å². The summed E-state index contributed by atoms with van der Waals surface area (Å²) in [6, 6.07) is 25.8. The highest BCUT2D eigenvalue weighted by atomic mass is 16.4. The minimum absolute atomic E-state index is 0.0552. The topological polar surface area (TPSA) is 101 Å². The predicted molar refractivity (Wildman–Crippen MR) is 128 cm³/mol. The number of nitrogens with two attached hydrogens (primary N) is 1. The molecule has 3 rings (SSSR count). The number of carboxylic acids is 1. The van der Waals surface area contributed by atoms with E-state index in [1.165, 1.54) is 0 Å². The molecule has 0 unspecified atom stereocenters. The first-order valence-corrected chi connectivity index (χ1v) is 10.9. The summed E-state index contributed by atoms with van der Waals surface area (Å²) in [6.45, 7) is 0.306. The maximum atomic E-state index is 13.1. The van der Waals surface area contributed by atoms with Crippen molar-refractivity contribution < 1.29 is 19.5 Å². The molecule has 6 nitrogen and oxygen atoms in total. The Labute approximate surface area is 193 Å². The second kappa shape index (κ2) is 11.7. The van der Waals surface area contributed by atoms with Crippen LogP contribution < -0.4 is 5.73 Å². The highest BCUT2D eigenvalue weighted by Gasteiger charge is 2.27. The van der Waals surface area contributed by atoms with E-state index in [-0.39, 0.29) is 25.2 Å². The van der Waals surface area contributed by atoms with E-state index in [0.717, 1.165) is 16.7 Å². The van der Waals surface area contributed by atoms with Gasteiger partial charge in [-0.15, -0.1) is 0 Å². The number of primary amides is 1. The van der Waals surface area contributed by atoms with Gasteiger partial charge in [0.05, 0.1) is 6.54 Å². The summed E-state index contributed by atoms with van der Waals surface area (Å²) in [5.41, 5.74) is 8.85. The monoisotopic (exact) mass is 444 g/mol. The zero-order valence-corrected chi connectivity index (χ0v) is 18.4. The molecule has 0 spiro atoms. The van der Waals surface area contributed by atoms with Gasteiger partial charge < -0.3 is 10.8 Å². The fourth-order valence-electron chi connectivity index (χ4n) is 3.76. The zero-order valence-electron chi connectivity index (χ0n) is 18.4. The van der Waals surface area contributed by atoms with Crippen LogP contribution in [0.25, 0.3) is 11.1 Å². The van der Waals surface area contributed by atoms with E-state index in [2.05, 4.69) is 0 Å². The molecule has 0 heterocycles. The largest absolute Gasteiger partial charge is 0.480 e. The highest BCUT2D eigenvalue weighted by Crippen LogP contribution is 2.20. The SMILES string of the molecule is NC(=O)CC[C@@H](C(=O)O)N(CCc1ccccc1)CC(=O)c1ccc(-c2ccccc2)cc1. The minimum atomic E-state index is -1.07. The molecule has 33 heavy (non-hydrogen) atoms. The van der Waals surface area contributed by atoms with Crippen LogP contribution in [-0.4, -0.2) is 46.8 Å². The van der Waals surface area contributed by atoms with E-state index in [0.29, 0.717) is 18.5 Å². The number of Topliss-reactive ketones (excluding diaryl/α,β-unsaturated/α-hetero) is 1. The average molecular weight is 445 g/mol. The van der Waals surface area contributed by atoms with Crippen LogP contribution in [0.5, 0.6) is 0 Å². The minimum Gasteiger partial charge on any atom is -0.480 e. The molecule has 170 valence electrons. The molecule has 6 heteroatoms. The number of carboxylic acid groups (broad SMARTS) is 1. The summed E-state index contributed by atoms with van der Waals surface area (Å²) >= 11 is 0. The van der Waals surface area contributed by atoms with E-state index in [4.69, 9.17) is 5.73 Å². The molecular formula is C27H28N2O4. The number of nitrogens with zero attached hydrogens (tertiary/aromatic N) is 1. The van der Waals surface area contributed by atoms with Gasteiger partial charge in [-0.2, -0.15) is 0 Å². The third-order valence-corrected chi connectivity index (χ3v) is 5.58. The van der Waals surface area contributed by atoms with Crippen molar-refractivity contribution in [3.05, 3.63) is 96.1 Å².